The molecule has 9 heteroatoms. The molecule has 32 heavy (non-hydrogen) atoms. The Morgan fingerprint density at radius 1 is 1.31 bits per heavy atom. The van der Waals surface area contributed by atoms with Crippen LogP contribution in [0.4, 0.5) is 5.69 Å². The van der Waals surface area contributed by atoms with Gasteiger partial charge in [0.1, 0.15) is 11.8 Å². The Morgan fingerprint density at radius 3 is 2.94 bits per heavy atom. The lowest BCUT2D eigenvalue weighted by molar-refractivity contribution is 0.0958. The molecule has 2 N–H and O–H groups in total. The van der Waals surface area contributed by atoms with Crippen molar-refractivity contribution in [1.82, 2.24) is 25.2 Å². The zero-order valence-corrected chi connectivity index (χ0v) is 17.9. The van der Waals surface area contributed by atoms with E-state index in [2.05, 4.69) is 36.1 Å². The number of aromatic amines is 1. The molecule has 9 nitrogen and oxygen atoms in total. The van der Waals surface area contributed by atoms with Crippen molar-refractivity contribution in [2.75, 3.05) is 25.0 Å². The predicted octanol–water partition coefficient (Wildman–Crippen LogP) is 1.32. The van der Waals surface area contributed by atoms with Crippen molar-refractivity contribution in [3.63, 3.8) is 0 Å². The first kappa shape index (κ1) is 20.2. The van der Waals surface area contributed by atoms with Gasteiger partial charge in [-0.3, -0.25) is 19.5 Å². The number of carbonyl (C=O) groups is 1. The number of pyridine rings is 3. The van der Waals surface area contributed by atoms with Gasteiger partial charge in [0, 0.05) is 50.5 Å². The fourth-order valence-corrected chi connectivity index (χ4v) is 4.53. The summed E-state index contributed by atoms with van der Waals surface area (Å²) >= 11 is 0. The van der Waals surface area contributed by atoms with E-state index in [1.807, 2.05) is 24.4 Å². The van der Waals surface area contributed by atoms with E-state index in [0.717, 1.165) is 48.3 Å². The minimum atomic E-state index is -0.303. The summed E-state index contributed by atoms with van der Waals surface area (Å²) in [5, 5.41) is 12.1. The molecule has 1 amide bonds. The lowest BCUT2D eigenvalue weighted by Crippen LogP contribution is -2.46. The van der Waals surface area contributed by atoms with Crippen LogP contribution in [0.3, 0.4) is 0 Å². The van der Waals surface area contributed by atoms with Gasteiger partial charge in [-0.1, -0.05) is 0 Å². The number of nitrogens with one attached hydrogen (secondary N) is 2. The second-order valence-corrected chi connectivity index (χ2v) is 8.35. The Bertz CT molecular complexity index is 1330. The minimum Gasteiger partial charge on any atom is -0.363 e. The first-order chi connectivity index (χ1) is 15.5. The van der Waals surface area contributed by atoms with Crippen molar-refractivity contribution in [1.29, 1.82) is 5.26 Å². The van der Waals surface area contributed by atoms with Crippen molar-refractivity contribution < 1.29 is 4.79 Å². The monoisotopic (exact) mass is 429 g/mol. The fourth-order valence-electron chi connectivity index (χ4n) is 4.53. The van der Waals surface area contributed by atoms with Gasteiger partial charge >= 0.3 is 0 Å². The number of H-pyrrole nitrogens is 1. The molecule has 2 atom stereocenters. The Kier molecular flexibility index (Phi) is 4.87. The standard InChI is InChI=1S/C23H23N7O2/c1-13-7-16-17(28-22(13)31)8-14(11-26-16)12-29-5-6-30(21-9-20(21)29)19-4-3-15(23(32)25-2)27-18(19)10-24/h3-4,7-8,11,20-21H,5-6,9,12H2,1-2H3,(H,25,32)(H,28,31)/t20-,21+/m0/s1. The smallest absolute Gasteiger partial charge is 0.269 e. The average molecular weight is 429 g/mol. The molecule has 4 heterocycles. The van der Waals surface area contributed by atoms with E-state index in [0.29, 0.717) is 17.6 Å². The number of anilines is 1. The number of fused-ring (bicyclic) bond motifs is 2. The van der Waals surface area contributed by atoms with Gasteiger partial charge in [0.15, 0.2) is 5.69 Å². The quantitative estimate of drug-likeness (QED) is 0.642. The van der Waals surface area contributed by atoms with E-state index in [1.54, 1.807) is 20.0 Å². The maximum atomic E-state index is 11.9. The van der Waals surface area contributed by atoms with Crippen molar-refractivity contribution >= 4 is 22.6 Å². The van der Waals surface area contributed by atoms with Crippen LogP contribution in [0.25, 0.3) is 11.0 Å². The number of hydrogen-bond donors (Lipinski definition) is 2. The number of nitriles is 1. The first-order valence-corrected chi connectivity index (χ1v) is 10.6. The zero-order chi connectivity index (χ0) is 22.4. The maximum Gasteiger partial charge on any atom is 0.269 e. The van der Waals surface area contributed by atoms with Gasteiger partial charge in [0.25, 0.3) is 11.5 Å². The number of amides is 1. The molecule has 0 aromatic carbocycles. The van der Waals surface area contributed by atoms with Gasteiger partial charge in [-0.25, -0.2) is 4.98 Å². The van der Waals surface area contributed by atoms with Crippen molar-refractivity contribution in [3.05, 3.63) is 63.3 Å². The van der Waals surface area contributed by atoms with Crippen LogP contribution in [0, 0.1) is 18.3 Å². The summed E-state index contributed by atoms with van der Waals surface area (Å²) in [4.78, 5) is 40.1. The highest BCUT2D eigenvalue weighted by Crippen LogP contribution is 2.40. The first-order valence-electron chi connectivity index (χ1n) is 10.6. The van der Waals surface area contributed by atoms with E-state index >= 15 is 0 Å². The highest BCUT2D eigenvalue weighted by Gasteiger charge is 2.49. The molecule has 0 radical (unpaired) electrons. The highest BCUT2D eigenvalue weighted by atomic mass is 16.1. The van der Waals surface area contributed by atoms with Crippen LogP contribution >= 0.6 is 0 Å². The third kappa shape index (κ3) is 3.48. The van der Waals surface area contributed by atoms with E-state index in [1.165, 1.54) is 0 Å². The summed E-state index contributed by atoms with van der Waals surface area (Å²) in [6.45, 7) is 4.15. The summed E-state index contributed by atoms with van der Waals surface area (Å²) in [5.41, 5.74) is 4.49. The molecule has 1 aliphatic heterocycles. The van der Waals surface area contributed by atoms with Crippen LogP contribution in [-0.4, -0.2) is 58.0 Å². The number of piperazine rings is 1. The molecule has 1 saturated heterocycles. The number of rotatable bonds is 4. The van der Waals surface area contributed by atoms with Gasteiger partial charge in [-0.2, -0.15) is 5.26 Å². The Labute approximate surface area is 184 Å². The van der Waals surface area contributed by atoms with Crippen LogP contribution in [0.15, 0.2) is 35.3 Å². The van der Waals surface area contributed by atoms with E-state index in [4.69, 9.17) is 0 Å². The lowest BCUT2D eigenvalue weighted by atomic mass is 10.1. The molecule has 1 saturated carbocycles. The summed E-state index contributed by atoms with van der Waals surface area (Å²) in [6.07, 6.45) is 2.89. The Balaban J connectivity index is 1.32. The van der Waals surface area contributed by atoms with Gasteiger partial charge < -0.3 is 15.2 Å². The van der Waals surface area contributed by atoms with E-state index in [9.17, 15) is 14.9 Å². The Morgan fingerprint density at radius 2 is 2.16 bits per heavy atom. The summed E-state index contributed by atoms with van der Waals surface area (Å²) in [6, 6.07) is 10.2. The third-order valence-corrected chi connectivity index (χ3v) is 6.29. The number of nitrogens with zero attached hydrogens (tertiary/aromatic N) is 5. The summed E-state index contributed by atoms with van der Waals surface area (Å²) in [5.74, 6) is -0.303. The average Bonchev–Trinajstić information content (AvgIpc) is 3.61. The molecule has 0 bridgehead atoms. The largest absolute Gasteiger partial charge is 0.363 e. The lowest BCUT2D eigenvalue weighted by Gasteiger charge is -2.35. The van der Waals surface area contributed by atoms with Crippen LogP contribution in [-0.2, 0) is 6.54 Å². The van der Waals surface area contributed by atoms with Crippen molar-refractivity contribution in [3.8, 4) is 6.07 Å². The summed E-state index contributed by atoms with van der Waals surface area (Å²) in [7, 11) is 1.54. The molecule has 1 aliphatic carbocycles. The molecule has 3 aromatic heterocycles. The number of aromatic nitrogens is 3. The van der Waals surface area contributed by atoms with Crippen molar-refractivity contribution in [2.24, 2.45) is 0 Å². The van der Waals surface area contributed by atoms with Gasteiger partial charge in [-0.05, 0) is 43.2 Å². The van der Waals surface area contributed by atoms with E-state index in [-0.39, 0.29) is 22.9 Å². The molecule has 0 spiro atoms. The van der Waals surface area contributed by atoms with Crippen LogP contribution in [0.2, 0.25) is 0 Å². The number of hydrogen-bond acceptors (Lipinski definition) is 7. The van der Waals surface area contributed by atoms with Gasteiger partial charge in [-0.15, -0.1) is 0 Å². The molecule has 2 aliphatic rings. The normalized spacial score (nSPS) is 20.0. The minimum absolute atomic E-state index is 0.0864. The molecule has 2 fully saturated rings. The van der Waals surface area contributed by atoms with Crippen LogP contribution in [0.5, 0.6) is 0 Å². The Hall–Kier alpha value is -3.77. The molecular weight excluding hydrogens is 406 g/mol. The molecule has 3 aromatic rings. The number of aryl methyl sites for hydroxylation is 1. The van der Waals surface area contributed by atoms with Crippen LogP contribution in [0.1, 0.15) is 33.7 Å². The van der Waals surface area contributed by atoms with Gasteiger partial charge in [0.2, 0.25) is 0 Å². The SMILES string of the molecule is CNC(=O)c1ccc(N2CCN(Cc3cnc4cc(C)c(=O)[nH]c4c3)[C@H]3C[C@H]32)c(C#N)n1. The summed E-state index contributed by atoms with van der Waals surface area (Å²) < 4.78 is 0. The zero-order valence-electron chi connectivity index (χ0n) is 17.9. The highest BCUT2D eigenvalue weighted by molar-refractivity contribution is 5.92. The second kappa shape index (κ2) is 7.73. The fraction of sp³-hybridized carbons (Fsp3) is 0.348. The topological polar surface area (TPSA) is 118 Å². The molecule has 162 valence electrons. The maximum absolute atomic E-state index is 11.9. The molecule has 0 unspecified atom stereocenters. The molecular formula is C23H23N7O2. The van der Waals surface area contributed by atoms with Crippen molar-refractivity contribution in [2.45, 2.75) is 32.0 Å². The molecule has 5 rings (SSSR count). The van der Waals surface area contributed by atoms with E-state index < -0.39 is 0 Å². The number of carbonyl (C=O) groups excluding carboxylic acids is 1. The predicted molar refractivity (Wildman–Crippen MR) is 119 cm³/mol. The van der Waals surface area contributed by atoms with Crippen LogP contribution < -0.4 is 15.8 Å². The third-order valence-electron chi connectivity index (χ3n) is 6.29. The second-order valence-electron chi connectivity index (χ2n) is 8.35. The van der Waals surface area contributed by atoms with Gasteiger partial charge in [0.05, 0.1) is 16.7 Å².